The molecule has 1 aromatic carbocycles. The average Bonchev–Trinajstić information content (AvgIpc) is 2.46. The number of hydrogen-bond acceptors (Lipinski definition) is 5. The Balaban J connectivity index is 1.90. The summed E-state index contributed by atoms with van der Waals surface area (Å²) in [7, 11) is 0. The van der Waals surface area contributed by atoms with Crippen LogP contribution in [0.4, 0.5) is 5.69 Å². The molecule has 2 N–H and O–H groups in total. The summed E-state index contributed by atoms with van der Waals surface area (Å²) in [6, 6.07) is 5.03. The van der Waals surface area contributed by atoms with Crippen LogP contribution in [-0.2, 0) is 4.79 Å². The van der Waals surface area contributed by atoms with Crippen LogP contribution in [0, 0.1) is 0 Å². The van der Waals surface area contributed by atoms with Gasteiger partial charge in [-0.1, -0.05) is 0 Å². The molecule has 1 fully saturated rings. The number of anilines is 1. The van der Waals surface area contributed by atoms with Crippen molar-refractivity contribution in [2.24, 2.45) is 0 Å². The number of amides is 1. The van der Waals surface area contributed by atoms with Gasteiger partial charge in [0.1, 0.15) is 19.3 Å². The summed E-state index contributed by atoms with van der Waals surface area (Å²) in [6.07, 6.45) is 0. The molecule has 2 aliphatic heterocycles. The second kappa shape index (κ2) is 4.97. The second-order valence-electron chi connectivity index (χ2n) is 4.51. The van der Waals surface area contributed by atoms with Gasteiger partial charge in [-0.3, -0.25) is 4.79 Å². The highest BCUT2D eigenvalue weighted by atomic mass is 16.6. The number of fused-ring (bicyclic) bond motifs is 1. The minimum atomic E-state index is -0.545. The van der Waals surface area contributed by atoms with Gasteiger partial charge in [-0.15, -0.1) is 0 Å². The molecule has 6 nitrogen and oxygen atoms in total. The van der Waals surface area contributed by atoms with E-state index in [4.69, 9.17) is 9.47 Å². The number of ether oxygens (including phenoxy) is 2. The lowest BCUT2D eigenvalue weighted by Gasteiger charge is -2.36. The molecule has 3 rings (SSSR count). The van der Waals surface area contributed by atoms with Crippen molar-refractivity contribution in [3.05, 3.63) is 18.2 Å². The Bertz CT molecular complexity index is 492. The zero-order chi connectivity index (χ0) is 13.2. The summed E-state index contributed by atoms with van der Waals surface area (Å²) in [4.78, 5) is 13.6. The topological polar surface area (TPSA) is 71.0 Å². The average molecular weight is 264 g/mol. The number of aliphatic hydroxyl groups is 1. The Labute approximate surface area is 110 Å². The van der Waals surface area contributed by atoms with Crippen LogP contribution in [0.1, 0.15) is 0 Å². The Hall–Kier alpha value is -1.95. The van der Waals surface area contributed by atoms with Gasteiger partial charge in [-0.05, 0) is 12.1 Å². The van der Waals surface area contributed by atoms with E-state index >= 15 is 0 Å². The van der Waals surface area contributed by atoms with Crippen LogP contribution < -0.4 is 19.7 Å². The summed E-state index contributed by atoms with van der Waals surface area (Å²) in [5.41, 5.74) is 0.859. The summed E-state index contributed by atoms with van der Waals surface area (Å²) in [6.45, 7) is 2.11. The molecule has 102 valence electrons. The molecule has 2 aliphatic rings. The Morgan fingerprint density at radius 1 is 1.32 bits per heavy atom. The molecule has 1 atom stereocenters. The third-order valence-electron chi connectivity index (χ3n) is 3.36. The van der Waals surface area contributed by atoms with Crippen LogP contribution in [-0.4, -0.2) is 50.0 Å². The van der Waals surface area contributed by atoms with Gasteiger partial charge >= 0.3 is 0 Å². The van der Waals surface area contributed by atoms with E-state index in [1.807, 2.05) is 23.1 Å². The summed E-state index contributed by atoms with van der Waals surface area (Å²) in [5.74, 6) is 1.26. The monoisotopic (exact) mass is 264 g/mol. The van der Waals surface area contributed by atoms with E-state index in [-0.39, 0.29) is 12.5 Å². The van der Waals surface area contributed by atoms with Crippen LogP contribution in [0.5, 0.6) is 11.5 Å². The molecule has 1 saturated heterocycles. The minimum Gasteiger partial charge on any atom is -0.486 e. The summed E-state index contributed by atoms with van der Waals surface area (Å²) in [5, 5.41) is 12.1. The molecule has 0 bridgehead atoms. The van der Waals surface area contributed by atoms with E-state index in [1.54, 1.807) is 0 Å². The smallest absolute Gasteiger partial charge is 0.245 e. The van der Waals surface area contributed by atoms with E-state index in [2.05, 4.69) is 5.32 Å². The van der Waals surface area contributed by atoms with Crippen molar-refractivity contribution in [2.45, 2.75) is 6.04 Å². The lowest BCUT2D eigenvalue weighted by Crippen LogP contribution is -2.57. The number of nitrogens with zero attached hydrogens (tertiary/aromatic N) is 1. The summed E-state index contributed by atoms with van der Waals surface area (Å²) >= 11 is 0. The van der Waals surface area contributed by atoms with E-state index in [0.29, 0.717) is 32.1 Å². The maximum absolute atomic E-state index is 11.7. The standard InChI is InChI=1S/C13H16N2O4/c16-8-10-13(17)14-3-4-15(10)9-1-2-11-12(7-9)19-6-5-18-11/h1-2,7,10,16H,3-6,8H2,(H,14,17). The van der Waals surface area contributed by atoms with Gasteiger partial charge in [0.2, 0.25) is 5.91 Å². The molecule has 6 heteroatoms. The van der Waals surface area contributed by atoms with Crippen LogP contribution in [0.2, 0.25) is 0 Å². The maximum Gasteiger partial charge on any atom is 0.245 e. The normalized spacial score (nSPS) is 22.1. The summed E-state index contributed by atoms with van der Waals surface area (Å²) < 4.78 is 11.0. The van der Waals surface area contributed by atoms with E-state index in [1.165, 1.54) is 0 Å². The lowest BCUT2D eigenvalue weighted by molar-refractivity contribution is -0.124. The molecular weight excluding hydrogens is 248 g/mol. The van der Waals surface area contributed by atoms with Crippen molar-refractivity contribution >= 4 is 11.6 Å². The van der Waals surface area contributed by atoms with Gasteiger partial charge < -0.3 is 24.8 Å². The Morgan fingerprint density at radius 3 is 2.89 bits per heavy atom. The van der Waals surface area contributed by atoms with Gasteiger partial charge in [0, 0.05) is 24.8 Å². The quantitative estimate of drug-likeness (QED) is 0.771. The van der Waals surface area contributed by atoms with E-state index < -0.39 is 6.04 Å². The highest BCUT2D eigenvalue weighted by Crippen LogP contribution is 2.34. The molecule has 2 heterocycles. The van der Waals surface area contributed by atoms with E-state index in [0.717, 1.165) is 11.4 Å². The van der Waals surface area contributed by atoms with Gasteiger partial charge in [0.15, 0.2) is 11.5 Å². The van der Waals surface area contributed by atoms with Crippen LogP contribution in [0.25, 0.3) is 0 Å². The fourth-order valence-corrected chi connectivity index (χ4v) is 2.42. The van der Waals surface area contributed by atoms with E-state index in [9.17, 15) is 9.90 Å². The minimum absolute atomic E-state index is 0.149. The fourth-order valence-electron chi connectivity index (χ4n) is 2.42. The second-order valence-corrected chi connectivity index (χ2v) is 4.51. The van der Waals surface area contributed by atoms with Crippen LogP contribution in [0.3, 0.4) is 0 Å². The first-order chi connectivity index (χ1) is 9.29. The zero-order valence-electron chi connectivity index (χ0n) is 10.5. The van der Waals surface area contributed by atoms with Crippen molar-refractivity contribution in [2.75, 3.05) is 37.8 Å². The molecule has 1 aromatic rings. The maximum atomic E-state index is 11.7. The number of rotatable bonds is 2. The molecule has 0 radical (unpaired) electrons. The third kappa shape index (κ3) is 2.19. The third-order valence-corrected chi connectivity index (χ3v) is 3.36. The first-order valence-electron chi connectivity index (χ1n) is 6.34. The van der Waals surface area contributed by atoms with Gasteiger partial charge in [-0.25, -0.2) is 0 Å². The SMILES string of the molecule is O=C1NCCN(c2ccc3c(c2)OCCO3)C1CO. The fraction of sp³-hybridized carbons (Fsp3) is 0.462. The number of benzene rings is 1. The number of piperazine rings is 1. The number of carbonyl (C=O) groups is 1. The zero-order valence-corrected chi connectivity index (χ0v) is 10.5. The predicted octanol–water partition coefficient (Wildman–Crippen LogP) is -0.245. The first-order valence-corrected chi connectivity index (χ1v) is 6.34. The van der Waals surface area contributed by atoms with Crippen molar-refractivity contribution in [1.29, 1.82) is 0 Å². The first kappa shape index (κ1) is 12.1. The van der Waals surface area contributed by atoms with Crippen molar-refractivity contribution in [1.82, 2.24) is 5.32 Å². The molecular formula is C13H16N2O4. The van der Waals surface area contributed by atoms with Gasteiger partial charge in [-0.2, -0.15) is 0 Å². The number of carbonyl (C=O) groups excluding carboxylic acids is 1. The highest BCUT2D eigenvalue weighted by Gasteiger charge is 2.29. The molecule has 0 spiro atoms. The number of nitrogens with one attached hydrogen (secondary N) is 1. The molecule has 1 unspecified atom stereocenters. The Morgan fingerprint density at radius 2 is 2.11 bits per heavy atom. The van der Waals surface area contributed by atoms with Crippen molar-refractivity contribution in [3.63, 3.8) is 0 Å². The van der Waals surface area contributed by atoms with Crippen molar-refractivity contribution < 1.29 is 19.4 Å². The Kier molecular flexibility index (Phi) is 3.16. The molecule has 0 aromatic heterocycles. The number of aliphatic hydroxyl groups excluding tert-OH is 1. The van der Waals surface area contributed by atoms with Crippen molar-refractivity contribution in [3.8, 4) is 11.5 Å². The lowest BCUT2D eigenvalue weighted by atomic mass is 10.1. The molecule has 1 amide bonds. The predicted molar refractivity (Wildman–Crippen MR) is 68.7 cm³/mol. The number of hydrogen-bond donors (Lipinski definition) is 2. The molecule has 19 heavy (non-hydrogen) atoms. The van der Waals surface area contributed by atoms with Gasteiger partial charge in [0.05, 0.1) is 6.61 Å². The van der Waals surface area contributed by atoms with Gasteiger partial charge in [0.25, 0.3) is 0 Å². The highest BCUT2D eigenvalue weighted by molar-refractivity contribution is 5.86. The van der Waals surface area contributed by atoms with Crippen LogP contribution >= 0.6 is 0 Å². The molecule has 0 aliphatic carbocycles. The van der Waals surface area contributed by atoms with Crippen LogP contribution in [0.15, 0.2) is 18.2 Å². The largest absolute Gasteiger partial charge is 0.486 e. The molecule has 0 saturated carbocycles.